The number of ether oxygens (including phenoxy) is 1. The Kier molecular flexibility index (Phi) is 3.70. The van der Waals surface area contributed by atoms with Gasteiger partial charge in [0, 0.05) is 17.8 Å². The van der Waals surface area contributed by atoms with Crippen LogP contribution < -0.4 is 10.1 Å². The van der Waals surface area contributed by atoms with Gasteiger partial charge in [-0.2, -0.15) is 0 Å². The van der Waals surface area contributed by atoms with Gasteiger partial charge in [-0.25, -0.2) is 4.98 Å². The average Bonchev–Trinajstić information content (AvgIpc) is 3.30. The number of rotatable bonds is 5. The molecule has 1 aliphatic carbocycles. The smallest absolute Gasteiger partial charge is 0.217 e. The van der Waals surface area contributed by atoms with Crippen LogP contribution in [-0.2, 0) is 0 Å². The van der Waals surface area contributed by atoms with E-state index in [9.17, 15) is 0 Å². The Balaban J connectivity index is 1.82. The first kappa shape index (κ1) is 13.1. The van der Waals surface area contributed by atoms with Gasteiger partial charge in [-0.3, -0.25) is 0 Å². The van der Waals surface area contributed by atoms with Crippen LogP contribution in [0.2, 0.25) is 0 Å². The summed E-state index contributed by atoms with van der Waals surface area (Å²) in [5.74, 6) is 1.98. The third-order valence-corrected chi connectivity index (χ3v) is 4.14. The molecule has 104 valence electrons. The maximum atomic E-state index is 5.40. The number of benzene rings is 1. The second-order valence-corrected chi connectivity index (χ2v) is 5.28. The highest BCUT2D eigenvalue weighted by Crippen LogP contribution is 2.54. The van der Waals surface area contributed by atoms with Gasteiger partial charge in [-0.05, 0) is 36.9 Å². The van der Waals surface area contributed by atoms with Crippen LogP contribution in [0.25, 0.3) is 0 Å². The summed E-state index contributed by atoms with van der Waals surface area (Å²) in [5.41, 5.74) is 2.58. The van der Waals surface area contributed by atoms with Gasteiger partial charge in [0.2, 0.25) is 5.88 Å². The molecule has 1 saturated carbocycles. The van der Waals surface area contributed by atoms with Crippen molar-refractivity contribution in [2.24, 2.45) is 5.92 Å². The Morgan fingerprint density at radius 2 is 2.00 bits per heavy atom. The Morgan fingerprint density at radius 1 is 1.20 bits per heavy atom. The molecule has 1 aromatic carbocycles. The minimum Gasteiger partial charge on any atom is -0.481 e. The maximum absolute atomic E-state index is 5.40. The van der Waals surface area contributed by atoms with Gasteiger partial charge in [-0.1, -0.05) is 36.4 Å². The van der Waals surface area contributed by atoms with E-state index in [2.05, 4.69) is 46.7 Å². The summed E-state index contributed by atoms with van der Waals surface area (Å²) in [5, 5.41) is 3.43. The summed E-state index contributed by atoms with van der Waals surface area (Å²) in [7, 11) is 3.69. The molecular formula is C17H20N2O. The molecule has 0 aliphatic heterocycles. The van der Waals surface area contributed by atoms with Crippen molar-refractivity contribution in [1.29, 1.82) is 0 Å². The summed E-state index contributed by atoms with van der Waals surface area (Å²) < 4.78 is 5.40. The summed E-state index contributed by atoms with van der Waals surface area (Å²) in [6, 6.07) is 15.1. The molecule has 1 N–H and O–H groups in total. The van der Waals surface area contributed by atoms with Crippen LogP contribution in [0.3, 0.4) is 0 Å². The van der Waals surface area contributed by atoms with Crippen molar-refractivity contribution >= 4 is 0 Å². The van der Waals surface area contributed by atoms with Gasteiger partial charge in [0.05, 0.1) is 7.11 Å². The lowest BCUT2D eigenvalue weighted by molar-refractivity contribution is 0.379. The highest BCUT2D eigenvalue weighted by atomic mass is 16.5. The van der Waals surface area contributed by atoms with E-state index in [4.69, 9.17) is 4.74 Å². The third kappa shape index (κ3) is 2.41. The van der Waals surface area contributed by atoms with Crippen molar-refractivity contribution in [1.82, 2.24) is 10.3 Å². The molecule has 0 bridgehead atoms. The van der Waals surface area contributed by atoms with E-state index >= 15 is 0 Å². The van der Waals surface area contributed by atoms with E-state index in [1.54, 1.807) is 13.3 Å². The Bertz CT molecular complexity index is 570. The predicted molar refractivity (Wildman–Crippen MR) is 79.9 cm³/mol. The van der Waals surface area contributed by atoms with Crippen molar-refractivity contribution < 1.29 is 4.74 Å². The first-order chi connectivity index (χ1) is 9.85. The van der Waals surface area contributed by atoms with Crippen LogP contribution in [-0.4, -0.2) is 19.1 Å². The van der Waals surface area contributed by atoms with Crippen LogP contribution in [0.15, 0.2) is 48.7 Å². The van der Waals surface area contributed by atoms with Crippen LogP contribution in [0.4, 0.5) is 0 Å². The normalized spacial score (nSPS) is 22.3. The molecule has 3 unspecified atom stereocenters. The Labute approximate surface area is 120 Å². The van der Waals surface area contributed by atoms with E-state index in [0.717, 1.165) is 11.4 Å². The lowest BCUT2D eigenvalue weighted by Gasteiger charge is -2.18. The fourth-order valence-corrected chi connectivity index (χ4v) is 3.08. The molecule has 20 heavy (non-hydrogen) atoms. The van der Waals surface area contributed by atoms with Gasteiger partial charge in [-0.15, -0.1) is 0 Å². The van der Waals surface area contributed by atoms with Gasteiger partial charge in [0.25, 0.3) is 0 Å². The predicted octanol–water partition coefficient (Wildman–Crippen LogP) is 3.15. The highest BCUT2D eigenvalue weighted by molar-refractivity contribution is 5.34. The molecule has 1 aliphatic rings. The fourth-order valence-electron chi connectivity index (χ4n) is 3.08. The molecule has 0 saturated heterocycles. The number of methoxy groups -OCH3 is 1. The van der Waals surface area contributed by atoms with Crippen LogP contribution in [0.5, 0.6) is 5.88 Å². The van der Waals surface area contributed by atoms with Crippen molar-refractivity contribution in [3.8, 4) is 5.88 Å². The zero-order valence-electron chi connectivity index (χ0n) is 11.9. The van der Waals surface area contributed by atoms with Crippen LogP contribution >= 0.6 is 0 Å². The first-order valence-corrected chi connectivity index (χ1v) is 7.06. The quantitative estimate of drug-likeness (QED) is 0.904. The van der Waals surface area contributed by atoms with E-state index < -0.39 is 0 Å². The third-order valence-electron chi connectivity index (χ3n) is 4.14. The molecule has 0 spiro atoms. The molecule has 1 aromatic heterocycles. The fraction of sp³-hybridized carbons (Fsp3) is 0.353. The Hall–Kier alpha value is -1.87. The van der Waals surface area contributed by atoms with Crippen LogP contribution in [0, 0.1) is 5.92 Å². The minimum atomic E-state index is 0.295. The number of nitrogens with zero attached hydrogens (tertiary/aromatic N) is 1. The van der Waals surface area contributed by atoms with E-state index in [1.165, 1.54) is 12.0 Å². The highest BCUT2D eigenvalue weighted by Gasteiger charge is 2.44. The lowest BCUT2D eigenvalue weighted by atomic mass is 10.00. The van der Waals surface area contributed by atoms with Crippen molar-refractivity contribution in [3.05, 3.63) is 59.8 Å². The zero-order chi connectivity index (χ0) is 13.9. The molecular weight excluding hydrogens is 248 g/mol. The van der Waals surface area contributed by atoms with Gasteiger partial charge < -0.3 is 10.1 Å². The number of hydrogen-bond acceptors (Lipinski definition) is 3. The average molecular weight is 268 g/mol. The summed E-state index contributed by atoms with van der Waals surface area (Å²) in [6.07, 6.45) is 2.99. The van der Waals surface area contributed by atoms with Crippen LogP contribution in [0.1, 0.15) is 29.5 Å². The van der Waals surface area contributed by atoms with Gasteiger partial charge in [0.15, 0.2) is 0 Å². The Morgan fingerprint density at radius 3 is 2.70 bits per heavy atom. The molecule has 1 fully saturated rings. The number of aromatic nitrogens is 1. The molecule has 0 radical (unpaired) electrons. The lowest BCUT2D eigenvalue weighted by Crippen LogP contribution is -2.20. The number of hydrogen-bond donors (Lipinski definition) is 1. The zero-order valence-corrected chi connectivity index (χ0v) is 11.9. The molecule has 0 amide bonds. The number of pyridine rings is 1. The molecule has 3 nitrogen and oxygen atoms in total. The molecule has 3 heteroatoms. The first-order valence-electron chi connectivity index (χ1n) is 7.06. The van der Waals surface area contributed by atoms with E-state index in [-0.39, 0.29) is 0 Å². The largest absolute Gasteiger partial charge is 0.481 e. The standard InChI is InChI=1S/C17H20N2O/c1-18-16(13-9-6-10-19-17(13)20-2)15-11-14(15)12-7-4-3-5-8-12/h3-10,14-16,18H,11H2,1-2H3. The summed E-state index contributed by atoms with van der Waals surface area (Å²) >= 11 is 0. The van der Waals surface area contributed by atoms with Crippen molar-refractivity contribution in [3.63, 3.8) is 0 Å². The summed E-state index contributed by atoms with van der Waals surface area (Å²) in [4.78, 5) is 4.31. The van der Waals surface area contributed by atoms with E-state index in [1.807, 2.05) is 13.1 Å². The maximum Gasteiger partial charge on any atom is 0.217 e. The van der Waals surface area contributed by atoms with Gasteiger partial charge in [0.1, 0.15) is 0 Å². The second-order valence-electron chi connectivity index (χ2n) is 5.28. The van der Waals surface area contributed by atoms with Gasteiger partial charge >= 0.3 is 0 Å². The second kappa shape index (κ2) is 5.63. The monoisotopic (exact) mass is 268 g/mol. The minimum absolute atomic E-state index is 0.295. The molecule has 2 aromatic rings. The molecule has 3 rings (SSSR count). The SMILES string of the molecule is CNC(c1cccnc1OC)C1CC1c1ccccc1. The van der Waals surface area contributed by atoms with E-state index in [0.29, 0.717) is 17.9 Å². The topological polar surface area (TPSA) is 34.2 Å². The van der Waals surface area contributed by atoms with Crippen molar-refractivity contribution in [2.45, 2.75) is 18.4 Å². The van der Waals surface area contributed by atoms with Crippen molar-refractivity contribution in [2.75, 3.05) is 14.2 Å². The molecule has 1 heterocycles. The summed E-state index contributed by atoms with van der Waals surface area (Å²) in [6.45, 7) is 0. The molecule has 3 atom stereocenters. The number of nitrogens with one attached hydrogen (secondary N) is 1.